The number of rotatable bonds is 3. The number of carbonyl (C=O) groups is 1. The van der Waals surface area contributed by atoms with Gasteiger partial charge in [0.1, 0.15) is 0 Å². The third-order valence-electron chi connectivity index (χ3n) is 6.12. The van der Waals surface area contributed by atoms with E-state index in [-0.39, 0.29) is 5.57 Å². The molecule has 5 rings (SSSR count). The monoisotopic (exact) mass is 411 g/mol. The van der Waals surface area contributed by atoms with E-state index in [2.05, 4.69) is 44.5 Å². The third kappa shape index (κ3) is 3.27. The van der Waals surface area contributed by atoms with Crippen molar-refractivity contribution in [2.45, 2.75) is 25.7 Å². The zero-order valence-electron chi connectivity index (χ0n) is 17.0. The van der Waals surface area contributed by atoms with Gasteiger partial charge in [0.25, 0.3) is 0 Å². The maximum atomic E-state index is 11.2. The summed E-state index contributed by atoms with van der Waals surface area (Å²) in [5.74, 6) is -1.69. The van der Waals surface area contributed by atoms with Crippen LogP contribution in [0.2, 0.25) is 0 Å². The molecule has 1 atom stereocenters. The van der Waals surface area contributed by atoms with Crippen molar-refractivity contribution in [1.82, 2.24) is 15.2 Å². The number of hydrogen-bond donors (Lipinski definition) is 3. The summed E-state index contributed by atoms with van der Waals surface area (Å²) in [4.78, 5) is 21.4. The van der Waals surface area contributed by atoms with Gasteiger partial charge in [0.05, 0.1) is 17.2 Å². The molecule has 7 heteroatoms. The highest BCUT2D eigenvalue weighted by molar-refractivity contribution is 6.08. The van der Waals surface area contributed by atoms with E-state index in [1.165, 1.54) is 23.7 Å². The van der Waals surface area contributed by atoms with Gasteiger partial charge in [-0.05, 0) is 47.9 Å². The Bertz CT molecular complexity index is 1310. The molecule has 0 saturated carbocycles. The van der Waals surface area contributed by atoms with Crippen LogP contribution in [0.4, 0.5) is 0 Å². The summed E-state index contributed by atoms with van der Waals surface area (Å²) in [7, 11) is 0. The van der Waals surface area contributed by atoms with E-state index >= 15 is 0 Å². The van der Waals surface area contributed by atoms with Gasteiger partial charge >= 0.3 is 5.97 Å². The molecular formula is C24H21N5O2. The van der Waals surface area contributed by atoms with Crippen molar-refractivity contribution in [2.75, 3.05) is 6.54 Å². The molecule has 0 bridgehead atoms. The van der Waals surface area contributed by atoms with Crippen LogP contribution in [0.5, 0.6) is 0 Å². The molecule has 154 valence electrons. The molecule has 0 amide bonds. The van der Waals surface area contributed by atoms with Gasteiger partial charge < -0.3 is 15.4 Å². The van der Waals surface area contributed by atoms with Gasteiger partial charge in [-0.3, -0.25) is 4.90 Å². The van der Waals surface area contributed by atoms with E-state index in [4.69, 9.17) is 5.11 Å². The molecule has 2 aliphatic rings. The van der Waals surface area contributed by atoms with Crippen molar-refractivity contribution in [3.63, 3.8) is 0 Å². The minimum absolute atomic E-state index is 0.145. The predicted molar refractivity (Wildman–Crippen MR) is 118 cm³/mol. The fourth-order valence-corrected chi connectivity index (χ4v) is 4.31. The Morgan fingerprint density at radius 2 is 2.10 bits per heavy atom. The number of hydrogen-bond acceptors (Lipinski definition) is 5. The van der Waals surface area contributed by atoms with Crippen LogP contribution < -0.4 is 5.32 Å². The lowest BCUT2D eigenvalue weighted by molar-refractivity contribution is -0.132. The maximum absolute atomic E-state index is 11.2. The van der Waals surface area contributed by atoms with Crippen LogP contribution in [0.3, 0.4) is 0 Å². The first-order chi connectivity index (χ1) is 15.0. The van der Waals surface area contributed by atoms with E-state index in [0.717, 1.165) is 35.0 Å². The molecule has 3 aromatic rings. The fourth-order valence-electron chi connectivity index (χ4n) is 4.31. The van der Waals surface area contributed by atoms with Gasteiger partial charge in [-0.15, -0.1) is 0 Å². The lowest BCUT2D eigenvalue weighted by Gasteiger charge is -2.41. The number of aromatic amines is 1. The average Bonchev–Trinajstić information content (AvgIpc) is 3.16. The SMILES string of the molecule is CC1(N2CCc3[nH]c4ccc(-c5cccc(C#N)c5)cc4c3C2)N=CC(C(=O)O)=CN1. The Hall–Kier alpha value is -3.89. The lowest BCUT2D eigenvalue weighted by atomic mass is 9.98. The van der Waals surface area contributed by atoms with E-state index < -0.39 is 11.8 Å². The van der Waals surface area contributed by atoms with E-state index in [9.17, 15) is 10.1 Å². The molecule has 2 aliphatic heterocycles. The minimum atomic E-state index is -0.996. The van der Waals surface area contributed by atoms with Gasteiger partial charge in [0.2, 0.25) is 0 Å². The number of H-pyrrole nitrogens is 1. The molecule has 3 N–H and O–H groups in total. The second-order valence-electron chi connectivity index (χ2n) is 8.03. The predicted octanol–water partition coefficient (Wildman–Crippen LogP) is 3.38. The highest BCUT2D eigenvalue weighted by Gasteiger charge is 2.35. The number of benzene rings is 2. The number of fused-ring (bicyclic) bond motifs is 3. The molecule has 0 fully saturated rings. The summed E-state index contributed by atoms with van der Waals surface area (Å²) in [6, 6.07) is 16.2. The van der Waals surface area contributed by atoms with Gasteiger partial charge in [0.15, 0.2) is 5.79 Å². The molecule has 0 aliphatic carbocycles. The van der Waals surface area contributed by atoms with Gasteiger partial charge in [0, 0.05) is 48.5 Å². The zero-order chi connectivity index (χ0) is 21.6. The second-order valence-corrected chi connectivity index (χ2v) is 8.03. The largest absolute Gasteiger partial charge is 0.478 e. The summed E-state index contributed by atoms with van der Waals surface area (Å²) in [5.41, 5.74) is 6.41. The van der Waals surface area contributed by atoms with Crippen LogP contribution in [0.15, 0.2) is 59.2 Å². The van der Waals surface area contributed by atoms with Crippen molar-refractivity contribution in [3.8, 4) is 17.2 Å². The van der Waals surface area contributed by atoms with Gasteiger partial charge in [-0.2, -0.15) is 5.26 Å². The van der Waals surface area contributed by atoms with Crippen molar-refractivity contribution in [3.05, 3.63) is 71.1 Å². The van der Waals surface area contributed by atoms with Gasteiger partial charge in [-0.1, -0.05) is 18.2 Å². The lowest BCUT2D eigenvalue weighted by Crippen LogP contribution is -2.56. The summed E-state index contributed by atoms with van der Waals surface area (Å²) < 4.78 is 0. The van der Waals surface area contributed by atoms with Crippen molar-refractivity contribution in [2.24, 2.45) is 4.99 Å². The normalized spacial score (nSPS) is 20.6. The second kappa shape index (κ2) is 7.11. The Morgan fingerprint density at radius 1 is 1.26 bits per heavy atom. The number of carboxylic acids is 1. The quantitative estimate of drug-likeness (QED) is 0.613. The zero-order valence-corrected chi connectivity index (χ0v) is 17.0. The van der Waals surface area contributed by atoms with Crippen LogP contribution in [0.25, 0.3) is 22.0 Å². The van der Waals surface area contributed by atoms with Crippen LogP contribution in [-0.2, 0) is 17.8 Å². The first-order valence-corrected chi connectivity index (χ1v) is 10.1. The minimum Gasteiger partial charge on any atom is -0.478 e. The average molecular weight is 411 g/mol. The number of aliphatic imine (C=N–C) groups is 1. The molecular weight excluding hydrogens is 390 g/mol. The van der Waals surface area contributed by atoms with Crippen LogP contribution in [0, 0.1) is 11.3 Å². The van der Waals surface area contributed by atoms with E-state index in [1.54, 1.807) is 6.07 Å². The Balaban J connectivity index is 1.49. The topological polar surface area (TPSA) is 105 Å². The number of aliphatic carboxylic acids is 1. The number of carboxylic acid groups (broad SMARTS) is 1. The molecule has 1 unspecified atom stereocenters. The molecule has 31 heavy (non-hydrogen) atoms. The number of aromatic nitrogens is 1. The number of nitrogens with zero attached hydrogens (tertiary/aromatic N) is 3. The molecule has 0 radical (unpaired) electrons. The number of nitriles is 1. The fraction of sp³-hybridized carbons (Fsp3) is 0.208. The van der Waals surface area contributed by atoms with Crippen LogP contribution >= 0.6 is 0 Å². The summed E-state index contributed by atoms with van der Waals surface area (Å²) in [6.07, 6.45) is 3.79. The first kappa shape index (κ1) is 19.1. The molecule has 3 heterocycles. The molecule has 0 saturated heterocycles. The Morgan fingerprint density at radius 3 is 2.84 bits per heavy atom. The van der Waals surface area contributed by atoms with Gasteiger partial charge in [-0.25, -0.2) is 9.79 Å². The van der Waals surface area contributed by atoms with Crippen LogP contribution in [-0.4, -0.2) is 39.5 Å². The molecule has 1 aromatic heterocycles. The van der Waals surface area contributed by atoms with Crippen molar-refractivity contribution in [1.29, 1.82) is 5.26 Å². The third-order valence-corrected chi connectivity index (χ3v) is 6.12. The Kier molecular flexibility index (Phi) is 4.38. The highest BCUT2D eigenvalue weighted by Crippen LogP contribution is 2.34. The summed E-state index contributed by atoms with van der Waals surface area (Å²) >= 11 is 0. The maximum Gasteiger partial charge on any atom is 0.338 e. The standard InChI is InChI=1S/C24H21N5O2/c1-24(26-12-18(13-27-24)23(30)31)29-8-7-22-20(14-29)19-10-17(5-6-21(19)28-22)16-4-2-3-15(9-16)11-25/h2-6,9-10,12-13,26,28H,7-8,14H2,1H3,(H,30,31). The van der Waals surface area contributed by atoms with Crippen molar-refractivity contribution >= 4 is 23.1 Å². The smallest absolute Gasteiger partial charge is 0.338 e. The van der Waals surface area contributed by atoms with E-state index in [1.807, 2.05) is 25.1 Å². The Labute approximate surface area is 179 Å². The van der Waals surface area contributed by atoms with E-state index in [0.29, 0.717) is 12.1 Å². The first-order valence-electron chi connectivity index (χ1n) is 10.1. The molecule has 2 aromatic carbocycles. The molecule has 7 nitrogen and oxygen atoms in total. The van der Waals surface area contributed by atoms with Crippen LogP contribution in [0.1, 0.15) is 23.7 Å². The summed E-state index contributed by atoms with van der Waals surface area (Å²) in [6.45, 7) is 3.44. The summed E-state index contributed by atoms with van der Waals surface area (Å²) in [5, 5.41) is 22.7. The van der Waals surface area contributed by atoms with Crippen molar-refractivity contribution < 1.29 is 9.90 Å². The number of nitrogens with one attached hydrogen (secondary N) is 2. The highest BCUT2D eigenvalue weighted by atomic mass is 16.4. The molecule has 0 spiro atoms.